The third kappa shape index (κ3) is 4.77. The number of benzene rings is 1. The molecule has 6 heteroatoms. The summed E-state index contributed by atoms with van der Waals surface area (Å²) in [6, 6.07) is 5.28. The smallest absolute Gasteiger partial charge is 0.240 e. The van der Waals surface area contributed by atoms with Crippen LogP contribution >= 0.6 is 11.8 Å². The van der Waals surface area contributed by atoms with E-state index in [1.165, 1.54) is 5.56 Å². The molecule has 0 aliphatic carbocycles. The van der Waals surface area contributed by atoms with Crippen molar-refractivity contribution in [2.75, 3.05) is 19.1 Å². The standard InChI is InChI=1S/C14H24N2O2S2/c1-5-12-6-7-14(8-13(12)9-15-3)20(17,18)16-11(2)10-19-4/h6-8,11,15-16H,5,9-10H2,1-4H3. The van der Waals surface area contributed by atoms with E-state index < -0.39 is 10.0 Å². The first-order valence-electron chi connectivity index (χ1n) is 6.72. The number of aryl methyl sites for hydroxylation is 1. The van der Waals surface area contributed by atoms with Crippen molar-refractivity contribution >= 4 is 21.8 Å². The zero-order valence-electron chi connectivity index (χ0n) is 12.6. The zero-order chi connectivity index (χ0) is 15.2. The molecule has 0 aliphatic heterocycles. The molecule has 1 rings (SSSR count). The van der Waals surface area contributed by atoms with E-state index >= 15 is 0 Å². The van der Waals surface area contributed by atoms with E-state index in [1.807, 2.05) is 26.3 Å². The molecule has 0 aliphatic rings. The number of hydrogen-bond acceptors (Lipinski definition) is 4. The van der Waals surface area contributed by atoms with Gasteiger partial charge in [-0.2, -0.15) is 11.8 Å². The van der Waals surface area contributed by atoms with Crippen LogP contribution in [0.25, 0.3) is 0 Å². The molecule has 0 spiro atoms. The van der Waals surface area contributed by atoms with Crippen molar-refractivity contribution in [3.05, 3.63) is 29.3 Å². The number of sulfonamides is 1. The topological polar surface area (TPSA) is 58.2 Å². The second-order valence-corrected chi connectivity index (χ2v) is 7.42. The van der Waals surface area contributed by atoms with Crippen molar-refractivity contribution in [3.8, 4) is 0 Å². The molecule has 1 atom stereocenters. The Kier molecular flexibility index (Phi) is 7.02. The number of rotatable bonds is 8. The van der Waals surface area contributed by atoms with Gasteiger partial charge in [0.1, 0.15) is 0 Å². The van der Waals surface area contributed by atoms with Gasteiger partial charge >= 0.3 is 0 Å². The van der Waals surface area contributed by atoms with Gasteiger partial charge in [-0.1, -0.05) is 13.0 Å². The minimum absolute atomic E-state index is 0.0754. The lowest BCUT2D eigenvalue weighted by molar-refractivity contribution is 0.571. The predicted octanol–water partition coefficient (Wildman–Crippen LogP) is 2.00. The second-order valence-electron chi connectivity index (χ2n) is 4.79. The Morgan fingerprint density at radius 2 is 2.00 bits per heavy atom. The Bertz CT molecular complexity index is 530. The first kappa shape index (κ1) is 17.5. The lowest BCUT2D eigenvalue weighted by Gasteiger charge is -2.15. The van der Waals surface area contributed by atoms with Crippen molar-refractivity contribution in [1.29, 1.82) is 0 Å². The van der Waals surface area contributed by atoms with Crippen LogP contribution in [0.4, 0.5) is 0 Å². The Hall–Kier alpha value is -0.560. The van der Waals surface area contributed by atoms with Crippen LogP contribution in [0, 0.1) is 0 Å². The van der Waals surface area contributed by atoms with Crippen molar-refractivity contribution < 1.29 is 8.42 Å². The van der Waals surface area contributed by atoms with E-state index in [2.05, 4.69) is 17.0 Å². The zero-order valence-corrected chi connectivity index (χ0v) is 14.2. The summed E-state index contributed by atoms with van der Waals surface area (Å²) in [5.41, 5.74) is 2.21. The fourth-order valence-electron chi connectivity index (χ4n) is 2.09. The van der Waals surface area contributed by atoms with E-state index in [-0.39, 0.29) is 6.04 Å². The molecule has 0 heterocycles. The van der Waals surface area contributed by atoms with Gasteiger partial charge in [0.2, 0.25) is 10.0 Å². The van der Waals surface area contributed by atoms with E-state index in [4.69, 9.17) is 0 Å². The van der Waals surface area contributed by atoms with E-state index in [0.29, 0.717) is 11.4 Å². The van der Waals surface area contributed by atoms with Crippen molar-refractivity contribution in [3.63, 3.8) is 0 Å². The van der Waals surface area contributed by atoms with Gasteiger partial charge in [-0.3, -0.25) is 0 Å². The lowest BCUT2D eigenvalue weighted by Crippen LogP contribution is -2.34. The van der Waals surface area contributed by atoms with E-state index in [0.717, 1.165) is 17.7 Å². The Morgan fingerprint density at radius 3 is 2.55 bits per heavy atom. The van der Waals surface area contributed by atoms with Crippen LogP contribution in [0.5, 0.6) is 0 Å². The van der Waals surface area contributed by atoms with Gasteiger partial charge in [-0.25, -0.2) is 13.1 Å². The second kappa shape index (κ2) is 8.02. The number of nitrogens with one attached hydrogen (secondary N) is 2. The van der Waals surface area contributed by atoms with Gasteiger partial charge in [0, 0.05) is 18.3 Å². The average molecular weight is 316 g/mol. The molecule has 1 aromatic carbocycles. The van der Waals surface area contributed by atoms with Gasteiger partial charge in [-0.15, -0.1) is 0 Å². The fraction of sp³-hybridized carbons (Fsp3) is 0.571. The third-order valence-corrected chi connectivity index (χ3v) is 5.43. The van der Waals surface area contributed by atoms with Crippen LogP contribution < -0.4 is 10.0 Å². The summed E-state index contributed by atoms with van der Waals surface area (Å²) in [4.78, 5) is 0.341. The van der Waals surface area contributed by atoms with E-state index in [1.54, 1.807) is 23.9 Å². The maximum Gasteiger partial charge on any atom is 0.240 e. The Morgan fingerprint density at radius 1 is 1.30 bits per heavy atom. The first-order chi connectivity index (χ1) is 9.44. The van der Waals surface area contributed by atoms with Crippen molar-refractivity contribution in [2.24, 2.45) is 0 Å². The molecule has 1 aromatic rings. The lowest BCUT2D eigenvalue weighted by atomic mass is 10.1. The quantitative estimate of drug-likeness (QED) is 0.770. The summed E-state index contributed by atoms with van der Waals surface area (Å²) in [7, 11) is -1.58. The number of thioether (sulfide) groups is 1. The highest BCUT2D eigenvalue weighted by Gasteiger charge is 2.18. The van der Waals surface area contributed by atoms with Crippen molar-refractivity contribution in [1.82, 2.24) is 10.0 Å². The summed E-state index contributed by atoms with van der Waals surface area (Å²) in [5, 5.41) is 3.08. The molecule has 0 radical (unpaired) electrons. The molecule has 1 unspecified atom stereocenters. The highest BCUT2D eigenvalue weighted by molar-refractivity contribution is 7.98. The van der Waals surface area contributed by atoms with Gasteiger partial charge in [0.15, 0.2) is 0 Å². The molecule has 20 heavy (non-hydrogen) atoms. The fourth-order valence-corrected chi connectivity index (χ4v) is 4.07. The maximum atomic E-state index is 12.3. The van der Waals surface area contributed by atoms with Crippen LogP contribution in [0.3, 0.4) is 0 Å². The highest BCUT2D eigenvalue weighted by atomic mass is 32.2. The molecule has 0 saturated carbocycles. The minimum atomic E-state index is -3.44. The summed E-state index contributed by atoms with van der Waals surface area (Å²) < 4.78 is 27.4. The molecular weight excluding hydrogens is 292 g/mol. The highest BCUT2D eigenvalue weighted by Crippen LogP contribution is 2.17. The van der Waals surface area contributed by atoms with E-state index in [9.17, 15) is 8.42 Å². The Labute approximate surface area is 126 Å². The molecule has 0 saturated heterocycles. The summed E-state index contributed by atoms with van der Waals surface area (Å²) >= 11 is 1.63. The monoisotopic (exact) mass is 316 g/mol. The summed E-state index contributed by atoms with van der Waals surface area (Å²) in [6.07, 6.45) is 2.86. The Balaban J connectivity index is 3.03. The van der Waals surface area contributed by atoms with Gasteiger partial charge in [0.05, 0.1) is 4.90 Å². The van der Waals surface area contributed by atoms with Gasteiger partial charge < -0.3 is 5.32 Å². The molecule has 0 aromatic heterocycles. The SMILES string of the molecule is CCc1ccc(S(=O)(=O)NC(C)CSC)cc1CNC. The van der Waals surface area contributed by atoms with Crippen LogP contribution in [0.2, 0.25) is 0 Å². The van der Waals surface area contributed by atoms with Crippen LogP contribution in [-0.4, -0.2) is 33.5 Å². The summed E-state index contributed by atoms with van der Waals surface area (Å²) in [6.45, 7) is 4.62. The first-order valence-corrected chi connectivity index (χ1v) is 9.60. The molecule has 0 amide bonds. The molecule has 2 N–H and O–H groups in total. The normalized spacial score (nSPS) is 13.4. The van der Waals surface area contributed by atoms with Crippen LogP contribution in [-0.2, 0) is 23.0 Å². The maximum absolute atomic E-state index is 12.3. The average Bonchev–Trinajstić information content (AvgIpc) is 2.38. The largest absolute Gasteiger partial charge is 0.316 e. The van der Waals surface area contributed by atoms with Crippen molar-refractivity contribution in [2.45, 2.75) is 37.8 Å². The molecular formula is C14H24N2O2S2. The number of hydrogen-bond donors (Lipinski definition) is 2. The molecule has 0 fully saturated rings. The summed E-state index contributed by atoms with van der Waals surface area (Å²) in [5.74, 6) is 0.760. The van der Waals surface area contributed by atoms with Gasteiger partial charge in [-0.05, 0) is 49.9 Å². The molecule has 0 bridgehead atoms. The third-order valence-electron chi connectivity index (χ3n) is 3.01. The molecule has 114 valence electrons. The molecule has 4 nitrogen and oxygen atoms in total. The van der Waals surface area contributed by atoms with Crippen LogP contribution in [0.15, 0.2) is 23.1 Å². The van der Waals surface area contributed by atoms with Gasteiger partial charge in [0.25, 0.3) is 0 Å². The minimum Gasteiger partial charge on any atom is -0.316 e. The van der Waals surface area contributed by atoms with Crippen LogP contribution in [0.1, 0.15) is 25.0 Å². The predicted molar refractivity (Wildman–Crippen MR) is 86.7 cm³/mol.